The molecular formula is C21H19FN2O5. The number of ether oxygens (including phenoxy) is 2. The zero-order valence-corrected chi connectivity index (χ0v) is 15.6. The molecule has 29 heavy (non-hydrogen) atoms. The van der Waals surface area contributed by atoms with Gasteiger partial charge in [-0.2, -0.15) is 0 Å². The predicted molar refractivity (Wildman–Crippen MR) is 101 cm³/mol. The molecule has 2 aromatic rings. The van der Waals surface area contributed by atoms with Crippen LogP contribution in [0.15, 0.2) is 65.9 Å². The first-order valence-electron chi connectivity index (χ1n) is 8.95. The van der Waals surface area contributed by atoms with Crippen molar-refractivity contribution in [3.05, 3.63) is 82.8 Å². The van der Waals surface area contributed by atoms with Gasteiger partial charge in [0.05, 0.1) is 29.5 Å². The van der Waals surface area contributed by atoms with Crippen LogP contribution in [0.4, 0.5) is 9.18 Å². The molecule has 1 unspecified atom stereocenters. The predicted octanol–water partition coefficient (Wildman–Crippen LogP) is 2.85. The van der Waals surface area contributed by atoms with Crippen molar-refractivity contribution in [2.24, 2.45) is 0 Å². The minimum Gasteiger partial charge on any atom is -0.463 e. The number of halogens is 1. The minimum atomic E-state index is -0.788. The van der Waals surface area contributed by atoms with E-state index >= 15 is 0 Å². The summed E-state index contributed by atoms with van der Waals surface area (Å²) in [6, 6.07) is 12.6. The van der Waals surface area contributed by atoms with Gasteiger partial charge >= 0.3 is 18.0 Å². The Hall–Kier alpha value is -3.68. The molecule has 1 atom stereocenters. The maximum absolute atomic E-state index is 13.3. The van der Waals surface area contributed by atoms with Gasteiger partial charge in [0.2, 0.25) is 0 Å². The molecule has 8 heteroatoms. The lowest BCUT2D eigenvalue weighted by molar-refractivity contribution is -0.139. The standard InChI is InChI=1S/C21H19FN2O5/c1-2-28-20(26)17-16(12-29-19(25)14-9-6-10-15(22)11-14)23-21(27)24-18(17)13-7-4-3-5-8-13/h3-11,18H,2,12H2,1H3,(H2,23,24,27). The largest absolute Gasteiger partial charge is 0.463 e. The Morgan fingerprint density at radius 2 is 1.79 bits per heavy atom. The van der Waals surface area contributed by atoms with Crippen LogP contribution in [0.5, 0.6) is 0 Å². The number of urea groups is 1. The van der Waals surface area contributed by atoms with Crippen LogP contribution in [0.25, 0.3) is 0 Å². The number of amides is 2. The van der Waals surface area contributed by atoms with Crippen molar-refractivity contribution in [2.75, 3.05) is 13.2 Å². The van der Waals surface area contributed by atoms with E-state index in [0.717, 1.165) is 6.07 Å². The Morgan fingerprint density at radius 3 is 2.48 bits per heavy atom. The van der Waals surface area contributed by atoms with Gasteiger partial charge in [0.25, 0.3) is 0 Å². The van der Waals surface area contributed by atoms with E-state index in [2.05, 4.69) is 10.6 Å². The van der Waals surface area contributed by atoms with Crippen molar-refractivity contribution in [2.45, 2.75) is 13.0 Å². The Kier molecular flexibility index (Phi) is 6.23. The highest BCUT2D eigenvalue weighted by Crippen LogP contribution is 2.28. The fraction of sp³-hybridized carbons (Fsp3) is 0.190. The number of rotatable bonds is 6. The van der Waals surface area contributed by atoms with Crippen LogP contribution in [-0.2, 0) is 14.3 Å². The van der Waals surface area contributed by atoms with Crippen molar-refractivity contribution >= 4 is 18.0 Å². The molecule has 1 aliphatic rings. The van der Waals surface area contributed by atoms with E-state index in [0.29, 0.717) is 5.56 Å². The summed E-state index contributed by atoms with van der Waals surface area (Å²) >= 11 is 0. The molecule has 1 aliphatic heterocycles. The van der Waals surface area contributed by atoms with Gasteiger partial charge in [-0.1, -0.05) is 36.4 Å². The first kappa shape index (κ1) is 20.1. The summed E-state index contributed by atoms with van der Waals surface area (Å²) in [5.41, 5.74) is 0.915. The van der Waals surface area contributed by atoms with Crippen LogP contribution in [0.1, 0.15) is 28.9 Å². The summed E-state index contributed by atoms with van der Waals surface area (Å²) in [5.74, 6) is -2.01. The second-order valence-electron chi connectivity index (χ2n) is 6.14. The second kappa shape index (κ2) is 9.01. The van der Waals surface area contributed by atoms with Gasteiger partial charge in [-0.25, -0.2) is 18.8 Å². The first-order valence-corrected chi connectivity index (χ1v) is 8.95. The normalized spacial score (nSPS) is 15.9. The molecule has 7 nitrogen and oxygen atoms in total. The molecule has 2 aromatic carbocycles. The molecule has 2 amide bonds. The number of hydrogen-bond donors (Lipinski definition) is 2. The highest BCUT2D eigenvalue weighted by molar-refractivity contribution is 5.95. The van der Waals surface area contributed by atoms with Crippen LogP contribution >= 0.6 is 0 Å². The molecule has 0 bridgehead atoms. The second-order valence-corrected chi connectivity index (χ2v) is 6.14. The van der Waals surface area contributed by atoms with Gasteiger partial charge in [-0.3, -0.25) is 0 Å². The van der Waals surface area contributed by atoms with Crippen LogP contribution in [0, 0.1) is 5.82 Å². The van der Waals surface area contributed by atoms with Crippen molar-refractivity contribution < 1.29 is 28.2 Å². The van der Waals surface area contributed by atoms with E-state index < -0.39 is 29.8 Å². The SMILES string of the molecule is CCOC(=O)C1=C(COC(=O)c2cccc(F)c2)NC(=O)NC1c1ccccc1. The monoisotopic (exact) mass is 398 g/mol. The summed E-state index contributed by atoms with van der Waals surface area (Å²) in [7, 11) is 0. The van der Waals surface area contributed by atoms with E-state index in [4.69, 9.17) is 9.47 Å². The van der Waals surface area contributed by atoms with E-state index in [1.54, 1.807) is 31.2 Å². The van der Waals surface area contributed by atoms with Crippen molar-refractivity contribution in [3.63, 3.8) is 0 Å². The van der Waals surface area contributed by atoms with Crippen molar-refractivity contribution in [3.8, 4) is 0 Å². The fourth-order valence-corrected chi connectivity index (χ4v) is 2.91. The zero-order valence-electron chi connectivity index (χ0n) is 15.6. The lowest BCUT2D eigenvalue weighted by Crippen LogP contribution is -2.47. The average Bonchev–Trinajstić information content (AvgIpc) is 2.72. The maximum Gasteiger partial charge on any atom is 0.338 e. The summed E-state index contributed by atoms with van der Waals surface area (Å²) in [6.45, 7) is 1.41. The third-order valence-corrected chi connectivity index (χ3v) is 4.19. The van der Waals surface area contributed by atoms with E-state index in [9.17, 15) is 18.8 Å². The Balaban J connectivity index is 1.91. The minimum absolute atomic E-state index is 0.0168. The van der Waals surface area contributed by atoms with E-state index in [-0.39, 0.29) is 30.0 Å². The van der Waals surface area contributed by atoms with Gasteiger partial charge < -0.3 is 20.1 Å². The summed E-state index contributed by atoms with van der Waals surface area (Å²) < 4.78 is 23.6. The average molecular weight is 398 g/mol. The molecule has 0 saturated carbocycles. The number of carbonyl (C=O) groups is 3. The van der Waals surface area contributed by atoms with Crippen LogP contribution in [-0.4, -0.2) is 31.2 Å². The van der Waals surface area contributed by atoms with Crippen LogP contribution in [0.3, 0.4) is 0 Å². The Bertz CT molecular complexity index is 959. The molecule has 0 aliphatic carbocycles. The smallest absolute Gasteiger partial charge is 0.338 e. The fourth-order valence-electron chi connectivity index (χ4n) is 2.91. The van der Waals surface area contributed by atoms with Crippen LogP contribution in [0.2, 0.25) is 0 Å². The Labute approximate surface area is 166 Å². The molecule has 3 rings (SSSR count). The van der Waals surface area contributed by atoms with Gasteiger partial charge in [0.15, 0.2) is 0 Å². The molecule has 2 N–H and O–H groups in total. The molecule has 0 aromatic heterocycles. The zero-order chi connectivity index (χ0) is 20.8. The molecule has 0 saturated heterocycles. The summed E-state index contributed by atoms with van der Waals surface area (Å²) in [6.07, 6.45) is 0. The number of carbonyl (C=O) groups excluding carboxylic acids is 3. The lowest BCUT2D eigenvalue weighted by Gasteiger charge is -2.29. The highest BCUT2D eigenvalue weighted by Gasteiger charge is 2.34. The van der Waals surface area contributed by atoms with Gasteiger partial charge in [0, 0.05) is 0 Å². The maximum atomic E-state index is 13.3. The summed E-state index contributed by atoms with van der Waals surface area (Å²) in [5, 5.41) is 5.18. The highest BCUT2D eigenvalue weighted by atomic mass is 19.1. The third-order valence-electron chi connectivity index (χ3n) is 4.19. The lowest BCUT2D eigenvalue weighted by atomic mass is 9.95. The Morgan fingerprint density at radius 1 is 1.03 bits per heavy atom. The van der Waals surface area contributed by atoms with Crippen LogP contribution < -0.4 is 10.6 Å². The molecule has 150 valence electrons. The van der Waals surface area contributed by atoms with Gasteiger partial charge in [-0.15, -0.1) is 0 Å². The molecular weight excluding hydrogens is 379 g/mol. The van der Waals surface area contributed by atoms with E-state index in [1.165, 1.54) is 18.2 Å². The third kappa shape index (κ3) is 4.78. The number of nitrogens with one attached hydrogen (secondary N) is 2. The van der Waals surface area contributed by atoms with Gasteiger partial charge in [0.1, 0.15) is 12.4 Å². The number of esters is 2. The number of benzene rings is 2. The quantitative estimate of drug-likeness (QED) is 0.730. The molecule has 0 radical (unpaired) electrons. The van der Waals surface area contributed by atoms with Crippen molar-refractivity contribution in [1.29, 1.82) is 0 Å². The molecule has 1 heterocycles. The molecule has 0 spiro atoms. The summed E-state index contributed by atoms with van der Waals surface area (Å²) in [4.78, 5) is 37.0. The topological polar surface area (TPSA) is 93.7 Å². The van der Waals surface area contributed by atoms with Gasteiger partial charge in [-0.05, 0) is 30.7 Å². The number of hydrogen-bond acceptors (Lipinski definition) is 5. The van der Waals surface area contributed by atoms with Crippen molar-refractivity contribution in [1.82, 2.24) is 10.6 Å². The molecule has 0 fully saturated rings. The first-order chi connectivity index (χ1) is 14.0. The van der Waals surface area contributed by atoms with E-state index in [1.807, 2.05) is 6.07 Å².